The van der Waals surface area contributed by atoms with Crippen molar-refractivity contribution in [2.24, 2.45) is 0 Å². The van der Waals surface area contributed by atoms with Gasteiger partial charge in [-0.2, -0.15) is 0 Å². The summed E-state index contributed by atoms with van der Waals surface area (Å²) < 4.78 is 28.7. The maximum Gasteiger partial charge on any atom is 0.341 e. The first kappa shape index (κ1) is 27.7. The largest absolute Gasteiger partial charge is 0.496 e. The van der Waals surface area contributed by atoms with Crippen molar-refractivity contribution in [3.05, 3.63) is 77.4 Å². The van der Waals surface area contributed by atoms with Crippen molar-refractivity contribution < 1.29 is 28.0 Å². The monoisotopic (exact) mass is 564 g/mol. The number of esters is 1. The number of carbonyl (C=O) groups is 2. The fraction of sp³-hybridized carbons (Fsp3) is 0.310. The fourth-order valence-corrected chi connectivity index (χ4v) is 4.62. The molecule has 0 saturated carbocycles. The van der Waals surface area contributed by atoms with Gasteiger partial charge in [-0.15, -0.1) is 0 Å². The first-order chi connectivity index (χ1) is 20.0. The van der Waals surface area contributed by atoms with E-state index in [1.165, 1.54) is 27.1 Å². The van der Waals surface area contributed by atoms with Crippen molar-refractivity contribution in [1.82, 2.24) is 4.90 Å². The number of nitrogens with one attached hydrogen (secondary N) is 2. The summed E-state index contributed by atoms with van der Waals surface area (Å²) in [6.07, 6.45) is 2.49. The van der Waals surface area contributed by atoms with Crippen LogP contribution in [0.1, 0.15) is 39.1 Å². The molecule has 1 radical (unpaired) electrons. The molecule has 1 aliphatic heterocycles. The first-order valence-electron chi connectivity index (χ1n) is 13.5. The zero-order valence-corrected chi connectivity index (χ0v) is 23.4. The van der Waals surface area contributed by atoms with E-state index in [2.05, 4.69) is 15.5 Å². The number of ether oxygens (including phenoxy) is 3. The van der Waals surface area contributed by atoms with Crippen LogP contribution in [0.3, 0.4) is 0 Å². The highest BCUT2D eigenvalue weighted by Crippen LogP contribution is 2.30. The topological polar surface area (TPSA) is 98.4 Å². The maximum absolute atomic E-state index is 13.1. The zero-order valence-electron chi connectivity index (χ0n) is 23.6. The first-order valence-corrected chi connectivity index (χ1v) is 13.7. The summed E-state index contributed by atoms with van der Waals surface area (Å²) in [7, 11) is 3.88. The van der Waals surface area contributed by atoms with Crippen LogP contribution in [0.4, 0.5) is 11.4 Å². The van der Waals surface area contributed by atoms with Gasteiger partial charge in [-0.3, -0.25) is 9.69 Å². The Hall–Kier alpha value is -3.83. The molecule has 0 spiro atoms. The van der Waals surface area contributed by atoms with Crippen molar-refractivity contribution in [3.63, 3.8) is 0 Å². The molecule has 0 aliphatic carbocycles. The summed E-state index contributed by atoms with van der Waals surface area (Å²) >= 11 is 0.867. The molecule has 9 nitrogen and oxygen atoms in total. The summed E-state index contributed by atoms with van der Waals surface area (Å²) in [5.41, 5.74) is 2.82. The third-order valence-electron chi connectivity index (χ3n) is 6.53. The molecule has 1 amide bonds. The second-order valence-corrected chi connectivity index (χ2v) is 9.50. The Kier molecular flexibility index (Phi) is 10.1. The second kappa shape index (κ2) is 14.5. The van der Waals surface area contributed by atoms with Gasteiger partial charge in [-0.25, -0.2) is 4.79 Å². The Bertz CT molecular complexity index is 1320. The van der Waals surface area contributed by atoms with Gasteiger partial charge in [0.05, 0.1) is 25.6 Å². The van der Waals surface area contributed by atoms with E-state index in [1.54, 1.807) is 60.7 Å². The molecule has 0 aromatic heterocycles. The lowest BCUT2D eigenvalue weighted by Gasteiger charge is -2.16. The van der Waals surface area contributed by atoms with Gasteiger partial charge in [0.2, 0.25) is 7.09 Å². The number of methoxy groups -OCH3 is 2. The van der Waals surface area contributed by atoms with E-state index in [0.717, 1.165) is 49.9 Å². The van der Waals surface area contributed by atoms with E-state index in [9.17, 15) is 9.59 Å². The summed E-state index contributed by atoms with van der Waals surface area (Å²) in [6.45, 7) is 4.15. The molecular weight excluding hydrogens is 529 g/mol. The average molecular weight is 564 g/mol. The molecule has 1 fully saturated rings. The lowest BCUT2D eigenvalue weighted by molar-refractivity contribution is 0.0597. The number of hydrogen-bond donors (Lipinski definition) is 2. The molecule has 4 rings (SSSR count). The van der Waals surface area contributed by atoms with E-state index >= 15 is 0 Å². The highest BCUT2D eigenvalue weighted by atomic mass is 32.2. The van der Waals surface area contributed by atoms with Crippen LogP contribution in [0.25, 0.3) is 0 Å². The number of carbonyl (C=O) groups excluding carboxylic acids is 2. The fourth-order valence-electron chi connectivity index (χ4n) is 4.41. The van der Waals surface area contributed by atoms with E-state index < -0.39 is 5.97 Å². The van der Waals surface area contributed by atoms with Crippen molar-refractivity contribution in [2.75, 3.05) is 51.1 Å². The third-order valence-corrected chi connectivity index (χ3v) is 6.82. The molecule has 1 saturated heterocycles. The molecule has 0 bridgehead atoms. The van der Waals surface area contributed by atoms with E-state index in [-0.39, 0.29) is 5.91 Å². The van der Waals surface area contributed by atoms with Gasteiger partial charge in [0.25, 0.3) is 5.91 Å². The van der Waals surface area contributed by atoms with Gasteiger partial charge in [-0.1, -0.05) is 6.07 Å². The van der Waals surface area contributed by atoms with Gasteiger partial charge in [0.15, 0.2) is 0 Å². The van der Waals surface area contributed by atoms with E-state index in [4.69, 9.17) is 19.7 Å². The van der Waals surface area contributed by atoms with Crippen LogP contribution in [-0.4, -0.2) is 65.7 Å². The Labute approximate surface area is 241 Å². The summed E-state index contributed by atoms with van der Waals surface area (Å²) in [6, 6.07) is 17.5. The quantitative estimate of drug-likeness (QED) is 0.165. The second-order valence-electron chi connectivity index (χ2n) is 9.14. The highest BCUT2D eigenvalue weighted by Gasteiger charge is 2.15. The molecule has 2 N–H and O–H groups in total. The third kappa shape index (κ3) is 7.86. The molecule has 3 aromatic carbocycles. The number of anilines is 2. The minimum Gasteiger partial charge on any atom is -0.496 e. The van der Waals surface area contributed by atoms with Crippen molar-refractivity contribution in [1.29, 1.82) is 1.34 Å². The van der Waals surface area contributed by atoms with E-state index in [1.807, 2.05) is 0 Å². The van der Waals surface area contributed by atoms with Gasteiger partial charge in [-0.05, 0) is 93.3 Å². The average Bonchev–Trinajstić information content (AvgIpc) is 3.53. The molecule has 1 heterocycles. The van der Waals surface area contributed by atoms with Crippen LogP contribution < -0.4 is 24.3 Å². The number of benzene rings is 3. The van der Waals surface area contributed by atoms with Gasteiger partial charge >= 0.3 is 5.97 Å². The maximum atomic E-state index is 13.1. The molecule has 1 aliphatic rings. The Morgan fingerprint density at radius 2 is 1.77 bits per heavy atom. The molecule has 0 unspecified atom stereocenters. The Balaban J connectivity index is 1.43. The normalized spacial score (nSPS) is 13.2. The standard InChI is InChI=1S/C29H33BN3O6S/c1-36-27-17-20(5-11-24(27)29(35)37-2)19-31-25-12-10-23(39-40-30)18-26(25)32-28(34)21-6-8-22(9-7-21)38-16-15-33-13-3-4-14-33/h5-12,17-18,30-31H,3-4,13-16,19H2,1-2H3,(H,32,34)/i30T. The van der Waals surface area contributed by atoms with Crippen LogP contribution in [0, 0.1) is 0 Å². The number of amides is 1. The highest BCUT2D eigenvalue weighted by molar-refractivity contribution is 8.16. The molecule has 0 atom stereocenters. The summed E-state index contributed by atoms with van der Waals surface area (Å²) in [5, 5.41) is 6.27. The van der Waals surface area contributed by atoms with Crippen molar-refractivity contribution in [3.8, 4) is 17.2 Å². The number of nitrogens with zero attached hydrogens (tertiary/aromatic N) is 1. The van der Waals surface area contributed by atoms with E-state index in [0.29, 0.717) is 47.2 Å². The lowest BCUT2D eigenvalue weighted by Crippen LogP contribution is -2.25. The number of hydrogen-bond acceptors (Lipinski definition) is 9. The number of rotatable bonds is 14. The number of likely N-dealkylation sites (tertiary alicyclic amines) is 1. The minimum atomic E-state index is -0.480. The van der Waals surface area contributed by atoms with Crippen LogP contribution in [-0.2, 0) is 11.3 Å². The van der Waals surface area contributed by atoms with Crippen molar-refractivity contribution >= 4 is 42.2 Å². The van der Waals surface area contributed by atoms with Crippen molar-refractivity contribution in [2.45, 2.75) is 19.4 Å². The lowest BCUT2D eigenvalue weighted by atomic mass is 10.1. The molecule has 209 valence electrons. The van der Waals surface area contributed by atoms with Crippen LogP contribution in [0.2, 0.25) is 0 Å². The van der Waals surface area contributed by atoms with Gasteiger partial charge in [0.1, 0.15) is 29.4 Å². The molecule has 11 heteroatoms. The van der Waals surface area contributed by atoms with Gasteiger partial charge in [0, 0.05) is 24.7 Å². The summed E-state index contributed by atoms with van der Waals surface area (Å²) in [4.78, 5) is 27.5. The zero-order chi connectivity index (χ0) is 29.0. The Morgan fingerprint density at radius 3 is 2.50 bits per heavy atom. The SMILES string of the molecule is [3H][B]SOc1ccc(NCc2ccc(C(=O)OC)c(OC)c2)c(NC(=O)c2ccc(OCCN3CCCC3)cc2)c1. The predicted molar refractivity (Wildman–Crippen MR) is 159 cm³/mol. The summed E-state index contributed by atoms with van der Waals surface area (Å²) in [5.74, 6) is 0.825. The predicted octanol–water partition coefficient (Wildman–Crippen LogP) is 4.66. The smallest absolute Gasteiger partial charge is 0.341 e. The van der Waals surface area contributed by atoms with Crippen LogP contribution in [0.5, 0.6) is 17.2 Å². The van der Waals surface area contributed by atoms with Gasteiger partial charge < -0.3 is 29.0 Å². The Morgan fingerprint density at radius 1 is 1.00 bits per heavy atom. The van der Waals surface area contributed by atoms with Crippen LogP contribution >= 0.6 is 11.9 Å². The molecule has 3 aromatic rings. The van der Waals surface area contributed by atoms with Crippen LogP contribution in [0.15, 0.2) is 60.7 Å². The molecule has 40 heavy (non-hydrogen) atoms. The molecular formula is C29H33BN3O6S. The minimum absolute atomic E-state index is 0.294.